The maximum atomic E-state index is 12.1. The van der Waals surface area contributed by atoms with Crippen molar-refractivity contribution in [2.24, 2.45) is 0 Å². The molecule has 0 spiro atoms. The highest BCUT2D eigenvalue weighted by Crippen LogP contribution is 2.33. The Labute approximate surface area is 176 Å². The zero-order chi connectivity index (χ0) is 20.9. The molecule has 1 aliphatic heterocycles. The zero-order valence-electron chi connectivity index (χ0n) is 17.4. The van der Waals surface area contributed by atoms with Crippen LogP contribution in [0.4, 0.5) is 5.69 Å². The van der Waals surface area contributed by atoms with Gasteiger partial charge in [-0.2, -0.15) is 0 Å². The van der Waals surface area contributed by atoms with Gasteiger partial charge in [0.25, 0.3) is 0 Å². The van der Waals surface area contributed by atoms with Gasteiger partial charge in [0.2, 0.25) is 0 Å². The predicted molar refractivity (Wildman–Crippen MR) is 115 cm³/mol. The molecular weight excluding hydrogens is 382 g/mol. The molecule has 0 fully saturated rings. The molecule has 2 aromatic carbocycles. The number of fused-ring (bicyclic) bond motifs is 2. The van der Waals surface area contributed by atoms with Crippen molar-refractivity contribution in [3.05, 3.63) is 59.9 Å². The minimum Gasteiger partial charge on any atom is -0.490 e. The van der Waals surface area contributed by atoms with Gasteiger partial charge in [0.15, 0.2) is 6.10 Å². The van der Waals surface area contributed by atoms with E-state index in [0.29, 0.717) is 32.8 Å². The first-order chi connectivity index (χ1) is 14.7. The number of furan rings is 1. The van der Waals surface area contributed by atoms with Crippen molar-refractivity contribution >= 4 is 22.6 Å². The molecule has 0 bridgehead atoms. The number of para-hydroxylation sites is 2. The summed E-state index contributed by atoms with van der Waals surface area (Å²) in [6, 6.07) is 16.1. The molecular formula is C24H27NO5. The molecule has 0 N–H and O–H groups in total. The normalized spacial score (nSPS) is 14.3. The summed E-state index contributed by atoms with van der Waals surface area (Å²) in [6.45, 7) is 6.63. The second-order valence-corrected chi connectivity index (χ2v) is 7.22. The summed E-state index contributed by atoms with van der Waals surface area (Å²) in [4.78, 5) is 14.4. The lowest BCUT2D eigenvalue weighted by Gasteiger charge is -2.30. The van der Waals surface area contributed by atoms with E-state index in [1.807, 2.05) is 37.3 Å². The van der Waals surface area contributed by atoms with Crippen LogP contribution in [-0.4, -0.2) is 38.4 Å². The van der Waals surface area contributed by atoms with Crippen LogP contribution in [0.1, 0.15) is 25.2 Å². The maximum absolute atomic E-state index is 12.1. The molecule has 4 rings (SSSR count). The van der Waals surface area contributed by atoms with Crippen LogP contribution in [-0.2, 0) is 27.2 Å². The quantitative estimate of drug-likeness (QED) is 0.516. The largest absolute Gasteiger partial charge is 0.490 e. The number of carbonyl (C=O) groups is 1. The molecule has 6 heteroatoms. The van der Waals surface area contributed by atoms with Crippen molar-refractivity contribution in [2.45, 2.75) is 32.9 Å². The molecule has 0 saturated heterocycles. The summed E-state index contributed by atoms with van der Waals surface area (Å²) in [5, 5.41) is 1.02. The molecule has 3 aromatic rings. The third-order valence-electron chi connectivity index (χ3n) is 5.14. The molecule has 158 valence electrons. The van der Waals surface area contributed by atoms with E-state index in [2.05, 4.69) is 23.1 Å². The number of esters is 1. The predicted octanol–water partition coefficient (Wildman–Crippen LogP) is 4.34. The Morgan fingerprint density at radius 2 is 2.00 bits per heavy atom. The summed E-state index contributed by atoms with van der Waals surface area (Å²) in [7, 11) is 0. The lowest BCUT2D eigenvalue weighted by molar-refractivity contribution is -0.156. The number of hydrogen-bond donors (Lipinski definition) is 0. The molecule has 1 aromatic heterocycles. The van der Waals surface area contributed by atoms with E-state index in [0.717, 1.165) is 40.3 Å². The fraction of sp³-hybridized carbons (Fsp3) is 0.375. The van der Waals surface area contributed by atoms with Crippen LogP contribution in [0.25, 0.3) is 11.0 Å². The second-order valence-electron chi connectivity index (χ2n) is 7.22. The number of benzene rings is 2. The highest BCUT2D eigenvalue weighted by Gasteiger charge is 2.22. The maximum Gasteiger partial charge on any atom is 0.335 e. The van der Waals surface area contributed by atoms with Gasteiger partial charge in [-0.3, -0.25) is 0 Å². The summed E-state index contributed by atoms with van der Waals surface area (Å²) in [5.74, 6) is 1.48. The average Bonchev–Trinajstić information content (AvgIpc) is 3.15. The van der Waals surface area contributed by atoms with E-state index < -0.39 is 6.10 Å². The zero-order valence-corrected chi connectivity index (χ0v) is 17.4. The van der Waals surface area contributed by atoms with Crippen LogP contribution < -0.4 is 9.64 Å². The first kappa shape index (κ1) is 20.3. The third kappa shape index (κ3) is 4.44. The first-order valence-corrected chi connectivity index (χ1v) is 10.4. The molecule has 1 unspecified atom stereocenters. The number of hydrogen-bond acceptors (Lipinski definition) is 6. The van der Waals surface area contributed by atoms with Gasteiger partial charge in [-0.1, -0.05) is 18.2 Å². The van der Waals surface area contributed by atoms with E-state index in [9.17, 15) is 4.79 Å². The standard InChI is InChI=1S/C24H27NO5/c1-3-27-23(24(26)28-4-2)14-17-9-10-21-18(13-17)15-19(30-21)16-25-11-12-29-22-8-6-5-7-20(22)25/h5-10,13,15,23H,3-4,11-12,14,16H2,1-2H3. The van der Waals surface area contributed by atoms with Gasteiger partial charge >= 0.3 is 5.97 Å². The highest BCUT2D eigenvalue weighted by molar-refractivity contribution is 5.80. The Bertz CT molecular complexity index is 1010. The molecule has 6 nitrogen and oxygen atoms in total. The second kappa shape index (κ2) is 9.22. The molecule has 0 aliphatic carbocycles. The van der Waals surface area contributed by atoms with Crippen LogP contribution in [0, 0.1) is 0 Å². The minimum absolute atomic E-state index is 0.321. The monoisotopic (exact) mass is 409 g/mol. The molecule has 1 atom stereocenters. The topological polar surface area (TPSA) is 61.1 Å². The minimum atomic E-state index is -0.594. The van der Waals surface area contributed by atoms with Crippen LogP contribution in [0.3, 0.4) is 0 Å². The molecule has 30 heavy (non-hydrogen) atoms. The van der Waals surface area contributed by atoms with Gasteiger partial charge < -0.3 is 23.5 Å². The first-order valence-electron chi connectivity index (χ1n) is 10.4. The number of nitrogens with zero attached hydrogens (tertiary/aromatic N) is 1. The molecule has 2 heterocycles. The van der Waals surface area contributed by atoms with Crippen LogP contribution in [0.5, 0.6) is 5.75 Å². The Hall–Kier alpha value is -2.99. The van der Waals surface area contributed by atoms with Crippen molar-refractivity contribution in [3.63, 3.8) is 0 Å². The molecule has 0 saturated carbocycles. The lowest BCUT2D eigenvalue weighted by atomic mass is 10.1. The Kier molecular flexibility index (Phi) is 6.23. The van der Waals surface area contributed by atoms with E-state index in [4.69, 9.17) is 18.6 Å². The van der Waals surface area contributed by atoms with Gasteiger partial charge in [0.05, 0.1) is 25.4 Å². The Morgan fingerprint density at radius 3 is 2.83 bits per heavy atom. The van der Waals surface area contributed by atoms with Gasteiger partial charge in [0, 0.05) is 18.4 Å². The van der Waals surface area contributed by atoms with Crippen LogP contribution in [0.2, 0.25) is 0 Å². The summed E-state index contributed by atoms with van der Waals surface area (Å²) < 4.78 is 22.5. The van der Waals surface area contributed by atoms with E-state index in [1.165, 1.54) is 0 Å². The number of anilines is 1. The van der Waals surface area contributed by atoms with Crippen molar-refractivity contribution in [3.8, 4) is 5.75 Å². The number of carbonyl (C=O) groups excluding carboxylic acids is 1. The van der Waals surface area contributed by atoms with Gasteiger partial charge in [-0.05, 0) is 49.7 Å². The van der Waals surface area contributed by atoms with Crippen LogP contribution in [0.15, 0.2) is 52.9 Å². The van der Waals surface area contributed by atoms with Crippen molar-refractivity contribution in [1.82, 2.24) is 0 Å². The fourth-order valence-corrected chi connectivity index (χ4v) is 3.79. The fourth-order valence-electron chi connectivity index (χ4n) is 3.79. The Morgan fingerprint density at radius 1 is 1.13 bits per heavy atom. The van der Waals surface area contributed by atoms with Gasteiger partial charge in [-0.15, -0.1) is 0 Å². The van der Waals surface area contributed by atoms with E-state index >= 15 is 0 Å². The van der Waals surface area contributed by atoms with E-state index in [-0.39, 0.29) is 5.97 Å². The average molecular weight is 409 g/mol. The Balaban J connectivity index is 1.51. The van der Waals surface area contributed by atoms with Gasteiger partial charge in [0.1, 0.15) is 23.7 Å². The number of rotatable bonds is 8. The van der Waals surface area contributed by atoms with Crippen molar-refractivity contribution in [2.75, 3.05) is 31.3 Å². The highest BCUT2D eigenvalue weighted by atomic mass is 16.6. The van der Waals surface area contributed by atoms with Crippen molar-refractivity contribution < 1.29 is 23.4 Å². The molecule has 0 amide bonds. The smallest absolute Gasteiger partial charge is 0.335 e. The lowest BCUT2D eigenvalue weighted by Crippen LogP contribution is -2.31. The third-order valence-corrected chi connectivity index (χ3v) is 5.14. The summed E-state index contributed by atoms with van der Waals surface area (Å²) >= 11 is 0. The SMILES string of the molecule is CCOC(=O)C(Cc1ccc2oc(CN3CCOc4ccccc43)cc2c1)OCC. The molecule has 0 radical (unpaired) electrons. The number of ether oxygens (including phenoxy) is 3. The van der Waals surface area contributed by atoms with Crippen molar-refractivity contribution in [1.29, 1.82) is 0 Å². The van der Waals surface area contributed by atoms with Crippen LogP contribution >= 0.6 is 0 Å². The van der Waals surface area contributed by atoms with E-state index in [1.54, 1.807) is 6.92 Å². The van der Waals surface area contributed by atoms with Gasteiger partial charge in [-0.25, -0.2) is 4.79 Å². The summed E-state index contributed by atoms with van der Waals surface area (Å²) in [5.41, 5.74) is 2.93. The molecule has 1 aliphatic rings. The summed E-state index contributed by atoms with van der Waals surface area (Å²) in [6.07, 6.45) is -0.122.